The summed E-state index contributed by atoms with van der Waals surface area (Å²) in [6, 6.07) is 10.0. The lowest BCUT2D eigenvalue weighted by molar-refractivity contribution is 0.00964. The van der Waals surface area contributed by atoms with Crippen LogP contribution in [-0.2, 0) is 0 Å². The van der Waals surface area contributed by atoms with E-state index in [1.54, 1.807) is 6.20 Å². The Morgan fingerprint density at radius 3 is 3.00 bits per heavy atom. The molecule has 114 valence electrons. The number of rotatable bonds is 3. The van der Waals surface area contributed by atoms with Crippen LogP contribution in [0.1, 0.15) is 38.2 Å². The van der Waals surface area contributed by atoms with Crippen LogP contribution in [0.4, 0.5) is 5.69 Å². The second-order valence-corrected chi connectivity index (χ2v) is 6.44. The highest BCUT2D eigenvalue weighted by atomic mass is 16.3. The number of nitriles is 1. The summed E-state index contributed by atoms with van der Waals surface area (Å²) in [7, 11) is 0. The van der Waals surface area contributed by atoms with Crippen molar-refractivity contribution in [2.75, 3.05) is 11.9 Å². The largest absolute Gasteiger partial charge is 0.392 e. The average molecular weight is 295 g/mol. The van der Waals surface area contributed by atoms with Gasteiger partial charge in [-0.1, -0.05) is 38.0 Å². The van der Waals surface area contributed by atoms with Gasteiger partial charge in [-0.3, -0.25) is 4.98 Å². The molecule has 0 aliphatic heterocycles. The first-order valence-corrected chi connectivity index (χ1v) is 7.84. The molecule has 0 saturated heterocycles. The van der Waals surface area contributed by atoms with Gasteiger partial charge in [0.05, 0.1) is 22.9 Å². The van der Waals surface area contributed by atoms with Crippen LogP contribution in [0.25, 0.3) is 10.9 Å². The number of pyridine rings is 1. The zero-order chi connectivity index (χ0) is 15.6. The van der Waals surface area contributed by atoms with E-state index < -0.39 is 0 Å². The SMILES string of the molecule is CC1(CNc2c(C#N)cnc3ccccc23)CCCCC1O. The molecule has 1 aliphatic rings. The number of aromatic nitrogens is 1. The molecule has 1 fully saturated rings. The Bertz CT molecular complexity index is 722. The highest BCUT2D eigenvalue weighted by Gasteiger charge is 2.35. The lowest BCUT2D eigenvalue weighted by Gasteiger charge is -2.39. The highest BCUT2D eigenvalue weighted by Crippen LogP contribution is 2.37. The molecule has 22 heavy (non-hydrogen) atoms. The van der Waals surface area contributed by atoms with Crippen molar-refractivity contribution in [2.45, 2.75) is 38.7 Å². The molecular weight excluding hydrogens is 274 g/mol. The Labute approximate surface area is 130 Å². The van der Waals surface area contributed by atoms with E-state index in [1.165, 1.54) is 0 Å². The van der Waals surface area contributed by atoms with E-state index in [-0.39, 0.29) is 11.5 Å². The van der Waals surface area contributed by atoms with E-state index in [4.69, 9.17) is 0 Å². The minimum absolute atomic E-state index is 0.144. The fourth-order valence-corrected chi connectivity index (χ4v) is 3.29. The molecule has 0 spiro atoms. The highest BCUT2D eigenvalue weighted by molar-refractivity contribution is 5.93. The Hall–Kier alpha value is -2.12. The van der Waals surface area contributed by atoms with Crippen LogP contribution in [0.3, 0.4) is 0 Å². The monoisotopic (exact) mass is 295 g/mol. The lowest BCUT2D eigenvalue weighted by Crippen LogP contribution is -2.41. The smallest absolute Gasteiger partial charge is 0.103 e. The Morgan fingerprint density at radius 1 is 1.41 bits per heavy atom. The molecule has 1 heterocycles. The number of aliphatic hydroxyl groups excluding tert-OH is 1. The maximum absolute atomic E-state index is 10.3. The molecule has 4 heteroatoms. The fraction of sp³-hybridized carbons (Fsp3) is 0.444. The molecule has 2 atom stereocenters. The summed E-state index contributed by atoms with van der Waals surface area (Å²) in [5.74, 6) is 0. The second kappa shape index (κ2) is 5.94. The van der Waals surface area contributed by atoms with E-state index in [9.17, 15) is 10.4 Å². The van der Waals surface area contributed by atoms with Crippen molar-refractivity contribution < 1.29 is 5.11 Å². The van der Waals surface area contributed by atoms with E-state index in [1.807, 2.05) is 24.3 Å². The standard InChI is InChI=1S/C18H21N3O/c1-18(9-5-4-8-16(18)22)12-21-17-13(10-19)11-20-15-7-3-2-6-14(15)17/h2-3,6-7,11,16,22H,4-5,8-9,12H2,1H3,(H,20,21). The van der Waals surface area contributed by atoms with Gasteiger partial charge < -0.3 is 10.4 Å². The van der Waals surface area contributed by atoms with Gasteiger partial charge >= 0.3 is 0 Å². The zero-order valence-electron chi connectivity index (χ0n) is 12.8. The number of hydrogen-bond acceptors (Lipinski definition) is 4. The first-order valence-electron chi connectivity index (χ1n) is 7.84. The molecule has 2 N–H and O–H groups in total. The number of nitrogens with one attached hydrogen (secondary N) is 1. The normalized spacial score (nSPS) is 24.9. The molecule has 1 saturated carbocycles. The third-order valence-electron chi connectivity index (χ3n) is 4.84. The van der Waals surface area contributed by atoms with E-state index >= 15 is 0 Å². The van der Waals surface area contributed by atoms with Crippen molar-refractivity contribution in [1.29, 1.82) is 5.26 Å². The van der Waals surface area contributed by atoms with Gasteiger partial charge in [-0.05, 0) is 18.9 Å². The predicted molar refractivity (Wildman–Crippen MR) is 87.5 cm³/mol. The Kier molecular flexibility index (Phi) is 4.00. The molecule has 0 radical (unpaired) electrons. The third kappa shape index (κ3) is 2.65. The number of hydrogen-bond donors (Lipinski definition) is 2. The number of anilines is 1. The maximum Gasteiger partial charge on any atom is 0.103 e. The average Bonchev–Trinajstić information content (AvgIpc) is 2.55. The van der Waals surface area contributed by atoms with Gasteiger partial charge in [0.2, 0.25) is 0 Å². The molecule has 1 aromatic heterocycles. The van der Waals surface area contributed by atoms with Crippen molar-refractivity contribution >= 4 is 16.6 Å². The summed E-state index contributed by atoms with van der Waals surface area (Å²) in [6.07, 6.45) is 5.44. The molecule has 1 aromatic carbocycles. The van der Waals surface area contributed by atoms with Crippen LogP contribution in [0, 0.1) is 16.7 Å². The number of nitrogens with zero attached hydrogens (tertiary/aromatic N) is 2. The number of fused-ring (bicyclic) bond motifs is 1. The van der Waals surface area contributed by atoms with Crippen LogP contribution in [-0.4, -0.2) is 22.7 Å². The van der Waals surface area contributed by atoms with Crippen LogP contribution >= 0.6 is 0 Å². The summed E-state index contributed by atoms with van der Waals surface area (Å²) < 4.78 is 0. The van der Waals surface area contributed by atoms with Gasteiger partial charge in [0.1, 0.15) is 6.07 Å². The summed E-state index contributed by atoms with van der Waals surface area (Å²) in [4.78, 5) is 4.33. The van der Waals surface area contributed by atoms with Crippen molar-refractivity contribution in [1.82, 2.24) is 4.98 Å². The molecule has 3 rings (SSSR count). The molecule has 0 amide bonds. The number of aliphatic hydroxyl groups is 1. The van der Waals surface area contributed by atoms with Crippen LogP contribution < -0.4 is 5.32 Å². The van der Waals surface area contributed by atoms with Crippen molar-refractivity contribution in [2.24, 2.45) is 5.41 Å². The van der Waals surface area contributed by atoms with Gasteiger partial charge in [-0.2, -0.15) is 5.26 Å². The fourth-order valence-electron chi connectivity index (χ4n) is 3.29. The minimum atomic E-state index is -0.285. The van der Waals surface area contributed by atoms with E-state index in [0.29, 0.717) is 12.1 Å². The number of benzene rings is 1. The summed E-state index contributed by atoms with van der Waals surface area (Å²) >= 11 is 0. The third-order valence-corrected chi connectivity index (χ3v) is 4.84. The van der Waals surface area contributed by atoms with Gasteiger partial charge in [0.15, 0.2) is 0 Å². The summed E-state index contributed by atoms with van der Waals surface area (Å²) in [5, 5.41) is 24.1. The van der Waals surface area contributed by atoms with Crippen molar-refractivity contribution in [3.8, 4) is 6.07 Å². The van der Waals surface area contributed by atoms with Crippen molar-refractivity contribution in [3.63, 3.8) is 0 Å². The van der Waals surface area contributed by atoms with Crippen LogP contribution in [0.5, 0.6) is 0 Å². The van der Waals surface area contributed by atoms with E-state index in [0.717, 1.165) is 42.3 Å². The first-order chi connectivity index (χ1) is 10.6. The quantitative estimate of drug-likeness (QED) is 0.910. The molecule has 4 nitrogen and oxygen atoms in total. The Morgan fingerprint density at radius 2 is 2.23 bits per heavy atom. The molecule has 1 aliphatic carbocycles. The molecule has 2 aromatic rings. The first kappa shape index (κ1) is 14.8. The summed E-state index contributed by atoms with van der Waals surface area (Å²) in [5.41, 5.74) is 2.10. The van der Waals surface area contributed by atoms with Crippen LogP contribution in [0.2, 0.25) is 0 Å². The maximum atomic E-state index is 10.3. The van der Waals surface area contributed by atoms with E-state index in [2.05, 4.69) is 23.3 Å². The Balaban J connectivity index is 1.92. The number of para-hydroxylation sites is 1. The summed E-state index contributed by atoms with van der Waals surface area (Å²) in [6.45, 7) is 2.79. The lowest BCUT2D eigenvalue weighted by atomic mass is 9.73. The predicted octanol–water partition coefficient (Wildman–Crippen LogP) is 3.46. The topological polar surface area (TPSA) is 68.9 Å². The van der Waals surface area contributed by atoms with Gasteiger partial charge in [-0.15, -0.1) is 0 Å². The van der Waals surface area contributed by atoms with Crippen molar-refractivity contribution in [3.05, 3.63) is 36.0 Å². The molecular formula is C18H21N3O. The van der Waals surface area contributed by atoms with Gasteiger partial charge in [0, 0.05) is 23.5 Å². The molecule has 0 bridgehead atoms. The second-order valence-electron chi connectivity index (χ2n) is 6.44. The zero-order valence-corrected chi connectivity index (χ0v) is 12.8. The minimum Gasteiger partial charge on any atom is -0.392 e. The van der Waals surface area contributed by atoms with Gasteiger partial charge in [-0.25, -0.2) is 0 Å². The molecule has 2 unspecified atom stereocenters. The van der Waals surface area contributed by atoms with Crippen LogP contribution in [0.15, 0.2) is 30.5 Å². The van der Waals surface area contributed by atoms with Gasteiger partial charge in [0.25, 0.3) is 0 Å².